The molecule has 0 nitrogen and oxygen atoms in total. The van der Waals surface area contributed by atoms with Gasteiger partial charge in [-0.2, -0.15) is 0 Å². The first-order valence-electron chi connectivity index (χ1n) is 4.26. The van der Waals surface area contributed by atoms with E-state index in [1.807, 2.05) is 6.08 Å². The Bertz CT molecular complexity index is 322. The van der Waals surface area contributed by atoms with Crippen molar-refractivity contribution in [1.29, 1.82) is 0 Å². The third kappa shape index (κ3) is 1.22. The molecule has 0 aromatic carbocycles. The summed E-state index contributed by atoms with van der Waals surface area (Å²) < 4.78 is 0. The van der Waals surface area contributed by atoms with Crippen LogP contribution in [0.5, 0.6) is 0 Å². The number of hydrogen-bond acceptors (Lipinski definition) is 0. The van der Waals surface area contributed by atoms with Crippen LogP contribution in [0.25, 0.3) is 0 Å². The summed E-state index contributed by atoms with van der Waals surface area (Å²) in [4.78, 5) is 0. The van der Waals surface area contributed by atoms with Gasteiger partial charge in [0.05, 0.1) is 0 Å². The van der Waals surface area contributed by atoms with Crippen LogP contribution in [0, 0.1) is 11.8 Å². The molecular weight excluding hydrogens is 144 g/mol. The van der Waals surface area contributed by atoms with Crippen molar-refractivity contribution in [3.05, 3.63) is 54.3 Å². The van der Waals surface area contributed by atoms with Crippen LogP contribution >= 0.6 is 0 Å². The molecule has 0 bridgehead atoms. The van der Waals surface area contributed by atoms with Gasteiger partial charge >= 0.3 is 0 Å². The van der Waals surface area contributed by atoms with Crippen LogP contribution in [0.2, 0.25) is 0 Å². The van der Waals surface area contributed by atoms with E-state index in [9.17, 15) is 0 Å². The zero-order valence-electron chi connectivity index (χ0n) is 7.09. The molecule has 0 radical (unpaired) electrons. The zero-order chi connectivity index (χ0) is 8.55. The maximum Gasteiger partial charge on any atom is -0.0133 e. The Kier molecular flexibility index (Phi) is 1.64. The standard InChI is InChI=1S/C12H12/c1-3-4-9(2)10-5-6-11-8-12(11)7-10/h4-7,11-12H,1-2,8H2. The van der Waals surface area contributed by atoms with E-state index in [0.29, 0.717) is 0 Å². The average Bonchev–Trinajstić information content (AvgIpc) is 2.81. The van der Waals surface area contributed by atoms with Gasteiger partial charge in [0.1, 0.15) is 0 Å². The average molecular weight is 156 g/mol. The number of allylic oxidation sites excluding steroid dienone is 6. The highest BCUT2D eigenvalue weighted by molar-refractivity contribution is 5.48. The van der Waals surface area contributed by atoms with Crippen LogP contribution in [0.1, 0.15) is 6.42 Å². The van der Waals surface area contributed by atoms with Gasteiger partial charge in [0.25, 0.3) is 0 Å². The summed E-state index contributed by atoms with van der Waals surface area (Å²) in [5.74, 6) is 1.62. The molecule has 0 aromatic rings. The smallest absolute Gasteiger partial charge is 0.0133 e. The molecule has 0 saturated heterocycles. The molecular formula is C12H12. The molecule has 0 spiro atoms. The summed E-state index contributed by atoms with van der Waals surface area (Å²) in [5, 5.41) is 0. The van der Waals surface area contributed by atoms with Gasteiger partial charge in [0.15, 0.2) is 0 Å². The lowest BCUT2D eigenvalue weighted by Crippen LogP contribution is -1.88. The van der Waals surface area contributed by atoms with Gasteiger partial charge < -0.3 is 0 Å². The van der Waals surface area contributed by atoms with E-state index in [0.717, 1.165) is 17.4 Å². The molecule has 2 aliphatic carbocycles. The predicted octanol–water partition coefficient (Wildman–Crippen LogP) is 3.02. The van der Waals surface area contributed by atoms with Crippen LogP contribution in [0.3, 0.4) is 0 Å². The Hall–Kier alpha value is -1.26. The molecule has 2 atom stereocenters. The molecule has 0 amide bonds. The lowest BCUT2D eigenvalue weighted by atomic mass is 10.0. The minimum atomic E-state index is 0.792. The van der Waals surface area contributed by atoms with Crippen LogP contribution in [-0.4, -0.2) is 0 Å². The highest BCUT2D eigenvalue weighted by Gasteiger charge is 2.34. The SMILES string of the molecule is C=C=CC(=C)C1=CC2CC2C=C1. The fraction of sp³-hybridized carbons (Fsp3) is 0.250. The number of hydrogen-bond donors (Lipinski definition) is 0. The third-order valence-electron chi connectivity index (χ3n) is 2.45. The summed E-state index contributed by atoms with van der Waals surface area (Å²) in [6.07, 6.45) is 9.90. The van der Waals surface area contributed by atoms with Gasteiger partial charge in [0.2, 0.25) is 0 Å². The van der Waals surface area contributed by atoms with E-state index >= 15 is 0 Å². The first-order chi connectivity index (χ1) is 5.81. The lowest BCUT2D eigenvalue weighted by molar-refractivity contribution is 0.968. The van der Waals surface area contributed by atoms with Crippen molar-refractivity contribution in [3.8, 4) is 0 Å². The van der Waals surface area contributed by atoms with E-state index in [1.54, 1.807) is 0 Å². The van der Waals surface area contributed by atoms with Gasteiger partial charge in [-0.1, -0.05) is 31.4 Å². The molecule has 12 heavy (non-hydrogen) atoms. The van der Waals surface area contributed by atoms with E-state index in [1.165, 1.54) is 12.0 Å². The van der Waals surface area contributed by atoms with Crippen molar-refractivity contribution in [2.24, 2.45) is 11.8 Å². The van der Waals surface area contributed by atoms with Crippen molar-refractivity contribution in [2.75, 3.05) is 0 Å². The summed E-state index contributed by atoms with van der Waals surface area (Å²) >= 11 is 0. The Labute approximate surface area is 73.3 Å². The highest BCUT2D eigenvalue weighted by atomic mass is 14.4. The van der Waals surface area contributed by atoms with E-state index in [-0.39, 0.29) is 0 Å². The minimum absolute atomic E-state index is 0.792. The Balaban J connectivity index is 2.19. The molecule has 0 aliphatic heterocycles. The molecule has 60 valence electrons. The molecule has 2 aliphatic rings. The molecule has 0 heterocycles. The van der Waals surface area contributed by atoms with Gasteiger partial charge in [-0.05, 0) is 35.5 Å². The predicted molar refractivity (Wildman–Crippen MR) is 51.7 cm³/mol. The molecule has 0 N–H and O–H groups in total. The molecule has 1 saturated carbocycles. The summed E-state index contributed by atoms with van der Waals surface area (Å²) in [5.41, 5.74) is 5.00. The van der Waals surface area contributed by atoms with Gasteiger partial charge in [-0.25, -0.2) is 0 Å². The summed E-state index contributed by atoms with van der Waals surface area (Å²) in [7, 11) is 0. The van der Waals surface area contributed by atoms with Gasteiger partial charge in [-0.3, -0.25) is 0 Å². The molecule has 2 unspecified atom stereocenters. The Morgan fingerprint density at radius 2 is 2.42 bits per heavy atom. The Morgan fingerprint density at radius 1 is 1.58 bits per heavy atom. The third-order valence-corrected chi connectivity index (χ3v) is 2.45. The van der Waals surface area contributed by atoms with Crippen molar-refractivity contribution in [3.63, 3.8) is 0 Å². The van der Waals surface area contributed by atoms with Gasteiger partial charge in [0, 0.05) is 0 Å². The molecule has 2 rings (SSSR count). The van der Waals surface area contributed by atoms with Crippen molar-refractivity contribution < 1.29 is 0 Å². The second-order valence-corrected chi connectivity index (χ2v) is 3.42. The van der Waals surface area contributed by atoms with E-state index < -0.39 is 0 Å². The van der Waals surface area contributed by atoms with Crippen LogP contribution in [0.4, 0.5) is 0 Å². The number of fused-ring (bicyclic) bond motifs is 1. The first kappa shape index (κ1) is 7.39. The maximum atomic E-state index is 3.94. The normalized spacial score (nSPS) is 29.8. The van der Waals surface area contributed by atoms with E-state index in [2.05, 4.69) is 37.1 Å². The van der Waals surface area contributed by atoms with Crippen molar-refractivity contribution >= 4 is 0 Å². The second-order valence-electron chi connectivity index (χ2n) is 3.42. The Morgan fingerprint density at radius 3 is 3.08 bits per heavy atom. The first-order valence-corrected chi connectivity index (χ1v) is 4.26. The van der Waals surface area contributed by atoms with Crippen molar-refractivity contribution in [1.82, 2.24) is 0 Å². The fourth-order valence-corrected chi connectivity index (χ4v) is 1.58. The quantitative estimate of drug-likeness (QED) is 0.426. The number of rotatable bonds is 2. The summed E-state index contributed by atoms with van der Waals surface area (Å²) in [6.45, 7) is 7.48. The topological polar surface area (TPSA) is 0 Å². The molecule has 0 heteroatoms. The lowest BCUT2D eigenvalue weighted by Gasteiger charge is -2.04. The minimum Gasteiger partial charge on any atom is -0.128 e. The largest absolute Gasteiger partial charge is 0.128 e. The zero-order valence-corrected chi connectivity index (χ0v) is 7.09. The molecule has 0 aromatic heterocycles. The second kappa shape index (κ2) is 2.66. The van der Waals surface area contributed by atoms with Crippen LogP contribution < -0.4 is 0 Å². The monoisotopic (exact) mass is 156 g/mol. The highest BCUT2D eigenvalue weighted by Crippen LogP contribution is 2.45. The summed E-state index contributed by atoms with van der Waals surface area (Å²) in [6, 6.07) is 0. The fourth-order valence-electron chi connectivity index (χ4n) is 1.58. The maximum absolute atomic E-state index is 3.94. The van der Waals surface area contributed by atoms with Gasteiger partial charge in [-0.15, -0.1) is 5.73 Å². The van der Waals surface area contributed by atoms with Crippen LogP contribution in [0.15, 0.2) is 54.3 Å². The van der Waals surface area contributed by atoms with E-state index in [4.69, 9.17) is 0 Å². The van der Waals surface area contributed by atoms with Crippen molar-refractivity contribution in [2.45, 2.75) is 6.42 Å². The molecule has 1 fully saturated rings. The van der Waals surface area contributed by atoms with Crippen LogP contribution in [-0.2, 0) is 0 Å².